The van der Waals surface area contributed by atoms with E-state index in [1.54, 1.807) is 0 Å². The van der Waals surface area contributed by atoms with Crippen molar-refractivity contribution in [1.29, 1.82) is 0 Å². The summed E-state index contributed by atoms with van der Waals surface area (Å²) in [5, 5.41) is 6.13. The van der Waals surface area contributed by atoms with E-state index in [0.717, 1.165) is 37.7 Å². The summed E-state index contributed by atoms with van der Waals surface area (Å²) in [6, 6.07) is 7.62. The van der Waals surface area contributed by atoms with Crippen LogP contribution in [0.25, 0.3) is 0 Å². The van der Waals surface area contributed by atoms with Gasteiger partial charge in [0.15, 0.2) is 6.61 Å². The van der Waals surface area contributed by atoms with Gasteiger partial charge >= 0.3 is 0 Å². The second-order valence-corrected chi connectivity index (χ2v) is 8.53. The summed E-state index contributed by atoms with van der Waals surface area (Å²) in [5.74, 6) is 0.520. The van der Waals surface area contributed by atoms with E-state index in [9.17, 15) is 9.59 Å². The Morgan fingerprint density at radius 1 is 0.962 bits per heavy atom. The molecule has 0 atom stereocenters. The van der Waals surface area contributed by atoms with Crippen LogP contribution in [0.15, 0.2) is 24.3 Å². The summed E-state index contributed by atoms with van der Waals surface area (Å²) < 4.78 is 11.1. The van der Waals surface area contributed by atoms with Gasteiger partial charge in [-0.25, -0.2) is 0 Å². The Labute approximate surface area is 153 Å². The maximum absolute atomic E-state index is 12.1. The average Bonchev–Trinajstić information content (AvgIpc) is 3.27. The van der Waals surface area contributed by atoms with E-state index in [4.69, 9.17) is 9.47 Å². The lowest BCUT2D eigenvalue weighted by Crippen LogP contribution is -2.84. The molecule has 2 bridgehead atoms. The lowest BCUT2D eigenvalue weighted by molar-refractivity contribution is -0.153. The molecule has 0 spiro atoms. The normalized spacial score (nSPS) is 29.8. The fraction of sp³-hybridized carbons (Fsp3) is 0.600. The monoisotopic (exact) mass is 358 g/mol. The highest BCUT2D eigenvalue weighted by Gasteiger charge is 2.69. The molecule has 2 N–H and O–H groups in total. The number of carbonyl (C=O) groups excluding carboxylic acids is 2. The van der Waals surface area contributed by atoms with Gasteiger partial charge in [-0.1, -0.05) is 17.7 Å². The molecule has 1 aromatic carbocycles. The van der Waals surface area contributed by atoms with E-state index in [1.807, 2.05) is 38.1 Å². The predicted octanol–water partition coefficient (Wildman–Crippen LogP) is 1.85. The van der Waals surface area contributed by atoms with Crippen LogP contribution < -0.4 is 15.4 Å². The molecule has 1 aromatic rings. The highest BCUT2D eigenvalue weighted by atomic mass is 16.5. The van der Waals surface area contributed by atoms with Gasteiger partial charge in [0.1, 0.15) is 12.4 Å². The molecule has 0 saturated heterocycles. The van der Waals surface area contributed by atoms with Crippen LogP contribution in [0, 0.1) is 6.92 Å². The van der Waals surface area contributed by atoms with Gasteiger partial charge in [-0.05, 0) is 58.1 Å². The summed E-state index contributed by atoms with van der Waals surface area (Å²) in [7, 11) is 0. The van der Waals surface area contributed by atoms with Crippen molar-refractivity contribution in [3.8, 4) is 5.75 Å². The van der Waals surface area contributed by atoms with Gasteiger partial charge in [-0.3, -0.25) is 9.59 Å². The second-order valence-electron chi connectivity index (χ2n) is 8.53. The molecule has 6 nitrogen and oxygen atoms in total. The minimum Gasteiger partial charge on any atom is -0.484 e. The largest absolute Gasteiger partial charge is 0.484 e. The summed E-state index contributed by atoms with van der Waals surface area (Å²) in [6.45, 7) is 4.18. The van der Waals surface area contributed by atoms with Gasteiger partial charge in [0.25, 0.3) is 5.91 Å². The fourth-order valence-corrected chi connectivity index (χ4v) is 4.06. The molecular weight excluding hydrogens is 332 g/mol. The highest BCUT2D eigenvalue weighted by Crippen LogP contribution is 2.60. The molecule has 4 saturated carbocycles. The number of aryl methyl sites for hydroxylation is 1. The Bertz CT molecular complexity index is 704. The van der Waals surface area contributed by atoms with E-state index < -0.39 is 0 Å². The van der Waals surface area contributed by atoms with Crippen LogP contribution in [0.3, 0.4) is 0 Å². The van der Waals surface area contributed by atoms with Crippen molar-refractivity contribution in [2.75, 3.05) is 13.2 Å². The Morgan fingerprint density at radius 3 is 2.04 bits per heavy atom. The van der Waals surface area contributed by atoms with Crippen LogP contribution in [0.5, 0.6) is 5.75 Å². The summed E-state index contributed by atoms with van der Waals surface area (Å²) in [4.78, 5) is 24.1. The van der Waals surface area contributed by atoms with Crippen molar-refractivity contribution < 1.29 is 19.1 Å². The van der Waals surface area contributed by atoms with E-state index >= 15 is 0 Å². The zero-order chi connectivity index (χ0) is 18.4. The van der Waals surface area contributed by atoms with Crippen molar-refractivity contribution in [2.45, 2.75) is 62.6 Å². The third-order valence-corrected chi connectivity index (χ3v) is 5.74. The molecule has 6 heteroatoms. The fourth-order valence-electron chi connectivity index (χ4n) is 4.06. The Balaban J connectivity index is 1.16. The molecular formula is C20H26N2O4. The number of ether oxygens (including phenoxy) is 2. The zero-order valence-corrected chi connectivity index (χ0v) is 15.4. The second kappa shape index (κ2) is 5.98. The maximum Gasteiger partial charge on any atom is 0.258 e. The third kappa shape index (κ3) is 3.56. The number of hydrogen-bond donors (Lipinski definition) is 2. The molecule has 5 rings (SSSR count). The maximum atomic E-state index is 12.1. The van der Waals surface area contributed by atoms with E-state index in [0.29, 0.717) is 5.75 Å². The molecule has 0 aromatic heterocycles. The van der Waals surface area contributed by atoms with Gasteiger partial charge in [0, 0.05) is 11.1 Å². The first kappa shape index (κ1) is 17.3. The lowest BCUT2D eigenvalue weighted by Gasteiger charge is -2.70. The highest BCUT2D eigenvalue weighted by molar-refractivity contribution is 5.81. The first-order valence-electron chi connectivity index (χ1n) is 9.25. The molecule has 4 fully saturated rings. The zero-order valence-electron chi connectivity index (χ0n) is 15.4. The van der Waals surface area contributed by atoms with Gasteiger partial charge in [-0.15, -0.1) is 0 Å². The van der Waals surface area contributed by atoms with Crippen molar-refractivity contribution >= 4 is 11.8 Å². The van der Waals surface area contributed by atoms with Crippen LogP contribution >= 0.6 is 0 Å². The van der Waals surface area contributed by atoms with Crippen molar-refractivity contribution in [2.24, 2.45) is 0 Å². The molecule has 4 aliphatic carbocycles. The molecule has 140 valence electrons. The van der Waals surface area contributed by atoms with Crippen LogP contribution in [-0.4, -0.2) is 41.7 Å². The number of benzene rings is 1. The molecule has 0 radical (unpaired) electrons. The van der Waals surface area contributed by atoms with Crippen LogP contribution in [-0.2, 0) is 14.3 Å². The first-order chi connectivity index (χ1) is 12.3. The quantitative estimate of drug-likeness (QED) is 0.744. The molecule has 0 heterocycles. The summed E-state index contributed by atoms with van der Waals surface area (Å²) in [5.41, 5.74) is 0.767. The van der Waals surface area contributed by atoms with Crippen molar-refractivity contribution in [3.63, 3.8) is 0 Å². The van der Waals surface area contributed by atoms with Crippen LogP contribution in [0.2, 0.25) is 0 Å². The minimum atomic E-state index is -0.162. The van der Waals surface area contributed by atoms with Gasteiger partial charge in [-0.2, -0.15) is 0 Å². The Hall–Kier alpha value is -2.08. The number of amides is 2. The number of carbonyl (C=O) groups is 2. The predicted molar refractivity (Wildman–Crippen MR) is 95.9 cm³/mol. The summed E-state index contributed by atoms with van der Waals surface area (Å²) >= 11 is 0. The van der Waals surface area contributed by atoms with Crippen molar-refractivity contribution in [1.82, 2.24) is 10.6 Å². The van der Waals surface area contributed by atoms with Crippen molar-refractivity contribution in [3.05, 3.63) is 29.8 Å². The Kier molecular flexibility index (Phi) is 3.99. The van der Waals surface area contributed by atoms with Gasteiger partial charge in [0.2, 0.25) is 5.91 Å². The molecule has 2 amide bonds. The number of rotatable bonds is 8. The molecule has 4 aliphatic rings. The summed E-state index contributed by atoms with van der Waals surface area (Å²) in [6.07, 6.45) is 4.44. The Morgan fingerprint density at radius 2 is 1.50 bits per heavy atom. The third-order valence-electron chi connectivity index (χ3n) is 5.74. The average molecular weight is 358 g/mol. The van der Waals surface area contributed by atoms with E-state index in [1.165, 1.54) is 0 Å². The first-order valence-corrected chi connectivity index (χ1v) is 9.25. The SMILES string of the molecule is Cc1ccc(OCC(=O)NC23CC(NC(=O)COC4(C)CC4)(C2)C3)cc1. The molecule has 26 heavy (non-hydrogen) atoms. The van der Waals surface area contributed by atoms with Crippen LogP contribution in [0.1, 0.15) is 44.6 Å². The standard InChI is InChI=1S/C20H26N2O4/c1-14-3-5-15(6-4-14)25-9-16(23)21-19-11-20(12-19,13-19)22-17(24)10-26-18(2)7-8-18/h3-6H,7-13H2,1-2H3,(H,21,23)(H,22,24). The van der Waals surface area contributed by atoms with Gasteiger partial charge < -0.3 is 20.1 Å². The smallest absolute Gasteiger partial charge is 0.258 e. The van der Waals surface area contributed by atoms with E-state index in [-0.39, 0.29) is 41.7 Å². The van der Waals surface area contributed by atoms with Crippen LogP contribution in [0.4, 0.5) is 0 Å². The number of nitrogens with one attached hydrogen (secondary N) is 2. The molecule has 0 unspecified atom stereocenters. The minimum absolute atomic E-state index is 0.0105. The topological polar surface area (TPSA) is 76.7 Å². The lowest BCUT2D eigenvalue weighted by atomic mass is 9.44. The number of hydrogen-bond acceptors (Lipinski definition) is 4. The molecule has 0 aliphatic heterocycles. The van der Waals surface area contributed by atoms with E-state index in [2.05, 4.69) is 10.6 Å². The van der Waals surface area contributed by atoms with Gasteiger partial charge in [0.05, 0.1) is 5.60 Å².